The Morgan fingerprint density at radius 3 is 2.72 bits per heavy atom. The van der Waals surface area contributed by atoms with Crippen molar-refractivity contribution in [3.63, 3.8) is 0 Å². The number of imidazole rings is 1. The molecule has 0 atom stereocenters. The molecule has 32 heavy (non-hydrogen) atoms. The molecular weight excluding hydrogens is 404 g/mol. The highest BCUT2D eigenvalue weighted by Crippen LogP contribution is 2.20. The fourth-order valence-corrected chi connectivity index (χ4v) is 3.25. The molecule has 3 aromatic heterocycles. The van der Waals surface area contributed by atoms with Crippen molar-refractivity contribution in [3.8, 4) is 17.3 Å². The molecule has 4 aromatic rings. The molecule has 8 heteroatoms. The predicted molar refractivity (Wildman–Crippen MR) is 120 cm³/mol. The zero-order valence-electron chi connectivity index (χ0n) is 18.4. The first kappa shape index (κ1) is 21.4. The highest BCUT2D eigenvalue weighted by molar-refractivity contribution is 5.92. The lowest BCUT2D eigenvalue weighted by Crippen LogP contribution is -2.23. The summed E-state index contributed by atoms with van der Waals surface area (Å²) in [6, 6.07) is 11.9. The van der Waals surface area contributed by atoms with Crippen LogP contribution in [0.25, 0.3) is 17.3 Å². The van der Waals surface area contributed by atoms with Crippen LogP contribution in [0.2, 0.25) is 0 Å². The molecule has 0 bridgehead atoms. The van der Waals surface area contributed by atoms with E-state index in [-0.39, 0.29) is 5.91 Å². The van der Waals surface area contributed by atoms with Gasteiger partial charge in [0.15, 0.2) is 5.82 Å². The molecule has 0 fully saturated rings. The summed E-state index contributed by atoms with van der Waals surface area (Å²) in [5.74, 6) is 1.97. The van der Waals surface area contributed by atoms with Crippen molar-refractivity contribution in [2.45, 2.75) is 46.1 Å². The second-order valence-corrected chi connectivity index (χ2v) is 7.91. The van der Waals surface area contributed by atoms with Crippen LogP contribution in [0.5, 0.6) is 0 Å². The van der Waals surface area contributed by atoms with Crippen LogP contribution in [0, 0.1) is 0 Å². The molecule has 1 amide bonds. The van der Waals surface area contributed by atoms with E-state index in [4.69, 9.17) is 4.52 Å². The summed E-state index contributed by atoms with van der Waals surface area (Å²) in [6.45, 7) is 6.82. The summed E-state index contributed by atoms with van der Waals surface area (Å²) in [5, 5.41) is 6.90. The number of hydrogen-bond acceptors (Lipinski definition) is 6. The lowest BCUT2D eigenvalue weighted by molar-refractivity contribution is 0.0946. The van der Waals surface area contributed by atoms with Crippen molar-refractivity contribution in [2.75, 3.05) is 0 Å². The van der Waals surface area contributed by atoms with Crippen LogP contribution in [0.1, 0.15) is 60.5 Å². The minimum atomic E-state index is -0.242. The van der Waals surface area contributed by atoms with Crippen LogP contribution >= 0.6 is 0 Å². The van der Waals surface area contributed by atoms with Crippen LogP contribution in [0.4, 0.5) is 0 Å². The number of benzene rings is 1. The van der Waals surface area contributed by atoms with E-state index in [9.17, 15) is 4.79 Å². The Hall–Kier alpha value is -3.81. The van der Waals surface area contributed by atoms with Crippen molar-refractivity contribution in [2.24, 2.45) is 0 Å². The van der Waals surface area contributed by atoms with E-state index in [1.165, 1.54) is 5.56 Å². The molecule has 0 spiro atoms. The van der Waals surface area contributed by atoms with E-state index < -0.39 is 0 Å². The molecule has 3 heterocycles. The van der Waals surface area contributed by atoms with Gasteiger partial charge in [0, 0.05) is 30.9 Å². The van der Waals surface area contributed by atoms with Gasteiger partial charge in [-0.1, -0.05) is 50.2 Å². The molecule has 0 aliphatic heterocycles. The summed E-state index contributed by atoms with van der Waals surface area (Å²) < 4.78 is 7.05. The number of rotatable bonds is 8. The minimum absolute atomic E-state index is 0.242. The molecule has 0 radical (unpaired) electrons. The minimum Gasteiger partial charge on any atom is -0.347 e. The van der Waals surface area contributed by atoms with Gasteiger partial charge < -0.3 is 9.84 Å². The number of aromatic nitrogens is 5. The summed E-state index contributed by atoms with van der Waals surface area (Å²) in [5.41, 5.74) is 3.39. The summed E-state index contributed by atoms with van der Waals surface area (Å²) >= 11 is 0. The number of carbonyl (C=O) groups excluding carboxylic acids is 1. The number of nitrogens with one attached hydrogen (secondary N) is 1. The number of nitrogens with zero attached hydrogens (tertiary/aromatic N) is 5. The first-order chi connectivity index (χ1) is 15.5. The average Bonchev–Trinajstić information content (AvgIpc) is 3.48. The van der Waals surface area contributed by atoms with Crippen molar-refractivity contribution >= 4 is 5.91 Å². The summed E-state index contributed by atoms with van der Waals surface area (Å²) in [4.78, 5) is 25.6. The SMILES string of the molecule is CCCc1noc(-c2ccnc(-n3cnc(C(=O)NCc4ccc(C(C)C)cc4)c3)c2)n1. The fraction of sp³-hybridized carbons (Fsp3) is 0.292. The highest BCUT2D eigenvalue weighted by atomic mass is 16.5. The maximum Gasteiger partial charge on any atom is 0.271 e. The van der Waals surface area contributed by atoms with E-state index in [0.717, 1.165) is 24.0 Å². The Labute approximate surface area is 186 Å². The monoisotopic (exact) mass is 430 g/mol. The van der Waals surface area contributed by atoms with Gasteiger partial charge in [0.2, 0.25) is 0 Å². The van der Waals surface area contributed by atoms with Crippen molar-refractivity contribution < 1.29 is 9.32 Å². The summed E-state index contributed by atoms with van der Waals surface area (Å²) in [7, 11) is 0. The van der Waals surface area contributed by atoms with Gasteiger partial charge in [-0.05, 0) is 35.6 Å². The number of hydrogen-bond donors (Lipinski definition) is 1. The molecule has 8 nitrogen and oxygen atoms in total. The quantitative estimate of drug-likeness (QED) is 0.447. The molecule has 0 saturated heterocycles. The third kappa shape index (κ3) is 4.91. The Kier molecular flexibility index (Phi) is 6.39. The van der Waals surface area contributed by atoms with Gasteiger partial charge in [-0.2, -0.15) is 4.98 Å². The fourth-order valence-electron chi connectivity index (χ4n) is 3.25. The van der Waals surface area contributed by atoms with E-state index in [2.05, 4.69) is 58.3 Å². The van der Waals surface area contributed by atoms with Crippen LogP contribution < -0.4 is 5.32 Å². The van der Waals surface area contributed by atoms with Gasteiger partial charge in [-0.25, -0.2) is 9.97 Å². The molecule has 0 unspecified atom stereocenters. The smallest absolute Gasteiger partial charge is 0.271 e. The molecule has 0 aliphatic rings. The maximum atomic E-state index is 12.5. The van der Waals surface area contributed by atoms with E-state index in [1.54, 1.807) is 23.3 Å². The van der Waals surface area contributed by atoms with Gasteiger partial charge in [0.1, 0.15) is 17.8 Å². The Balaban J connectivity index is 1.43. The zero-order valence-corrected chi connectivity index (χ0v) is 18.4. The van der Waals surface area contributed by atoms with Gasteiger partial charge in [-0.3, -0.25) is 9.36 Å². The van der Waals surface area contributed by atoms with Crippen LogP contribution in [-0.4, -0.2) is 30.6 Å². The molecular formula is C24H26N6O2. The maximum absolute atomic E-state index is 12.5. The molecule has 1 aromatic carbocycles. The van der Waals surface area contributed by atoms with Crippen LogP contribution in [0.15, 0.2) is 59.6 Å². The standard InChI is InChI=1S/C24H26N6O2/c1-4-5-21-28-24(32-29-21)19-10-11-25-22(12-19)30-14-20(27-15-30)23(31)26-13-17-6-8-18(9-7-17)16(2)3/h6-12,14-16H,4-5,13H2,1-3H3,(H,26,31). The molecule has 0 aliphatic carbocycles. The van der Waals surface area contributed by atoms with Crippen LogP contribution in [0.3, 0.4) is 0 Å². The van der Waals surface area contributed by atoms with Gasteiger partial charge in [0.05, 0.1) is 0 Å². The predicted octanol–water partition coefficient (Wildman–Crippen LogP) is 4.32. The molecule has 164 valence electrons. The number of pyridine rings is 1. The second kappa shape index (κ2) is 9.55. The third-order valence-electron chi connectivity index (χ3n) is 5.11. The number of aryl methyl sites for hydroxylation is 1. The normalized spacial score (nSPS) is 11.1. The van der Waals surface area contributed by atoms with Gasteiger partial charge in [-0.15, -0.1) is 0 Å². The molecule has 4 rings (SSSR count). The Bertz CT molecular complexity index is 1190. The topological polar surface area (TPSA) is 98.7 Å². The van der Waals surface area contributed by atoms with Gasteiger partial charge >= 0.3 is 0 Å². The lowest BCUT2D eigenvalue weighted by Gasteiger charge is -2.07. The van der Waals surface area contributed by atoms with Crippen LogP contribution in [-0.2, 0) is 13.0 Å². The lowest BCUT2D eigenvalue weighted by atomic mass is 10.0. The van der Waals surface area contributed by atoms with E-state index in [1.807, 2.05) is 24.3 Å². The van der Waals surface area contributed by atoms with E-state index >= 15 is 0 Å². The third-order valence-corrected chi connectivity index (χ3v) is 5.11. The second-order valence-electron chi connectivity index (χ2n) is 7.91. The zero-order chi connectivity index (χ0) is 22.5. The average molecular weight is 431 g/mol. The number of amides is 1. The number of carbonyl (C=O) groups is 1. The highest BCUT2D eigenvalue weighted by Gasteiger charge is 2.13. The largest absolute Gasteiger partial charge is 0.347 e. The Morgan fingerprint density at radius 2 is 1.97 bits per heavy atom. The van der Waals surface area contributed by atoms with Crippen molar-refractivity contribution in [1.29, 1.82) is 0 Å². The van der Waals surface area contributed by atoms with E-state index in [0.29, 0.717) is 35.7 Å². The molecule has 0 saturated carbocycles. The Morgan fingerprint density at radius 1 is 1.16 bits per heavy atom. The first-order valence-electron chi connectivity index (χ1n) is 10.7. The molecule has 1 N–H and O–H groups in total. The first-order valence-corrected chi connectivity index (χ1v) is 10.7. The van der Waals surface area contributed by atoms with Crippen molar-refractivity contribution in [1.82, 2.24) is 30.0 Å². The van der Waals surface area contributed by atoms with Crippen molar-refractivity contribution in [3.05, 3.63) is 77.8 Å². The summed E-state index contributed by atoms with van der Waals surface area (Å²) in [6.07, 6.45) is 6.59. The van der Waals surface area contributed by atoms with Gasteiger partial charge in [0.25, 0.3) is 11.8 Å².